The van der Waals surface area contributed by atoms with E-state index in [0.29, 0.717) is 22.3 Å². The Hall–Kier alpha value is -2.78. The number of quaternary nitrogens is 2. The minimum absolute atomic E-state index is 0.0923. The van der Waals surface area contributed by atoms with Crippen LogP contribution in [0.5, 0.6) is 0 Å². The van der Waals surface area contributed by atoms with E-state index in [4.69, 9.17) is 9.47 Å². The number of ether oxygens (including phenoxy) is 2. The predicted octanol–water partition coefficient (Wildman–Crippen LogP) is 2.24. The number of fused-ring (bicyclic) bond motifs is 2. The third-order valence-corrected chi connectivity index (χ3v) is 8.11. The zero-order valence-corrected chi connectivity index (χ0v) is 21.5. The van der Waals surface area contributed by atoms with Crippen molar-refractivity contribution in [3.8, 4) is 0 Å². The molecule has 0 aromatic heterocycles. The van der Waals surface area contributed by atoms with Gasteiger partial charge in [0.1, 0.15) is 26.2 Å². The molecule has 36 heavy (non-hydrogen) atoms. The lowest BCUT2D eigenvalue weighted by Gasteiger charge is -2.38. The number of carbonyl (C=O) groups excluding carboxylic acids is 2. The highest BCUT2D eigenvalue weighted by molar-refractivity contribution is 6.31. The Bertz CT molecular complexity index is 1050. The Morgan fingerprint density at radius 2 is 1.06 bits per heavy atom. The predicted molar refractivity (Wildman–Crippen MR) is 140 cm³/mol. The molecule has 3 aliphatic rings. The molecular weight excluding hydrogens is 456 g/mol. The third-order valence-electron chi connectivity index (χ3n) is 8.11. The molecule has 0 radical (unpaired) electrons. The largest absolute Gasteiger partial charge is 0.379 e. The fourth-order valence-electron chi connectivity index (χ4n) is 5.45. The Morgan fingerprint density at radius 3 is 1.44 bits per heavy atom. The number of ketones is 2. The van der Waals surface area contributed by atoms with Crippen molar-refractivity contribution in [1.29, 1.82) is 0 Å². The summed E-state index contributed by atoms with van der Waals surface area (Å²) in [6, 6.07) is 11.0. The summed E-state index contributed by atoms with van der Waals surface area (Å²) in [5, 5.41) is 6.99. The van der Waals surface area contributed by atoms with Crippen LogP contribution in [0.3, 0.4) is 0 Å². The smallest absolute Gasteiger partial charge is 0.196 e. The van der Waals surface area contributed by atoms with Crippen molar-refractivity contribution < 1.29 is 28.0 Å². The van der Waals surface area contributed by atoms with Gasteiger partial charge in [-0.3, -0.25) is 9.59 Å². The molecule has 2 saturated heterocycles. The van der Waals surface area contributed by atoms with Crippen molar-refractivity contribution in [2.45, 2.75) is 0 Å². The van der Waals surface area contributed by atoms with Gasteiger partial charge in [-0.05, 0) is 12.1 Å². The van der Waals surface area contributed by atoms with E-state index < -0.39 is 0 Å². The van der Waals surface area contributed by atoms with E-state index in [1.165, 1.54) is 0 Å². The third kappa shape index (κ3) is 5.04. The lowest BCUT2D eigenvalue weighted by molar-refractivity contribution is -0.915. The maximum atomic E-state index is 13.7. The van der Waals surface area contributed by atoms with Crippen LogP contribution in [-0.2, 0) is 9.47 Å². The summed E-state index contributed by atoms with van der Waals surface area (Å²) in [4.78, 5) is 27.3. The van der Waals surface area contributed by atoms with E-state index in [9.17, 15) is 9.59 Å². The monoisotopic (exact) mass is 494 g/mol. The SMILES string of the molecule is C[N+]1(CCNc2ccc(NCC[N+]3(C)CCOCC3)c3c2C(=O)c2ccccc2C3=O)CCOCC1. The molecule has 2 aromatic carbocycles. The van der Waals surface area contributed by atoms with Gasteiger partial charge >= 0.3 is 0 Å². The Labute approximate surface area is 213 Å². The van der Waals surface area contributed by atoms with Gasteiger partial charge in [-0.1, -0.05) is 24.3 Å². The van der Waals surface area contributed by atoms with Crippen LogP contribution in [0.25, 0.3) is 0 Å². The van der Waals surface area contributed by atoms with Crippen LogP contribution in [0.15, 0.2) is 36.4 Å². The molecule has 0 saturated carbocycles. The first-order chi connectivity index (χ1) is 17.4. The summed E-state index contributed by atoms with van der Waals surface area (Å²) in [5.74, 6) is -0.185. The van der Waals surface area contributed by atoms with Crippen molar-refractivity contribution in [2.24, 2.45) is 0 Å². The first-order valence-electron chi connectivity index (χ1n) is 13.0. The van der Waals surface area contributed by atoms with Gasteiger partial charge in [-0.15, -0.1) is 0 Å². The van der Waals surface area contributed by atoms with Crippen molar-refractivity contribution in [2.75, 3.05) is 104 Å². The zero-order valence-electron chi connectivity index (χ0n) is 21.5. The molecular formula is C28H38N4O4+2. The fourth-order valence-corrected chi connectivity index (χ4v) is 5.45. The van der Waals surface area contributed by atoms with E-state index in [-0.39, 0.29) is 11.6 Å². The minimum Gasteiger partial charge on any atom is -0.379 e. The topological polar surface area (TPSA) is 76.7 Å². The molecule has 2 heterocycles. The van der Waals surface area contributed by atoms with Gasteiger partial charge < -0.3 is 29.1 Å². The number of benzene rings is 2. The second kappa shape index (κ2) is 10.3. The molecule has 2 fully saturated rings. The number of nitrogens with one attached hydrogen (secondary N) is 2. The maximum absolute atomic E-state index is 13.7. The first kappa shape index (κ1) is 24.9. The van der Waals surface area contributed by atoms with Crippen LogP contribution in [0.1, 0.15) is 31.8 Å². The zero-order chi connectivity index (χ0) is 25.2. The number of rotatable bonds is 8. The van der Waals surface area contributed by atoms with Gasteiger partial charge in [0.05, 0.1) is 77.8 Å². The average Bonchev–Trinajstić information content (AvgIpc) is 2.88. The molecule has 0 spiro atoms. The summed E-state index contributed by atoms with van der Waals surface area (Å²) in [6.07, 6.45) is 0. The number of morpholine rings is 2. The second-order valence-corrected chi connectivity index (χ2v) is 10.8. The number of hydrogen-bond donors (Lipinski definition) is 2. The quantitative estimate of drug-likeness (QED) is 0.468. The van der Waals surface area contributed by atoms with E-state index in [1.54, 1.807) is 12.1 Å². The molecule has 0 unspecified atom stereocenters. The molecule has 8 heteroatoms. The average molecular weight is 495 g/mol. The Morgan fingerprint density at radius 1 is 0.667 bits per heavy atom. The summed E-state index contributed by atoms with van der Waals surface area (Å²) in [5.41, 5.74) is 3.40. The Kier molecular flexibility index (Phi) is 7.12. The van der Waals surface area contributed by atoms with Gasteiger partial charge in [0.2, 0.25) is 0 Å². The molecule has 192 valence electrons. The molecule has 5 rings (SSSR count). The number of nitrogens with zero attached hydrogens (tertiary/aromatic N) is 2. The van der Waals surface area contributed by atoms with Crippen molar-refractivity contribution in [3.63, 3.8) is 0 Å². The number of carbonyl (C=O) groups is 2. The van der Waals surface area contributed by atoms with Crippen molar-refractivity contribution >= 4 is 22.9 Å². The van der Waals surface area contributed by atoms with E-state index >= 15 is 0 Å². The number of hydrogen-bond acceptors (Lipinski definition) is 6. The lowest BCUT2D eigenvalue weighted by Crippen LogP contribution is -2.54. The molecule has 1 aliphatic carbocycles. The summed E-state index contributed by atoms with van der Waals surface area (Å²) in [6.45, 7) is 10.3. The molecule has 2 aliphatic heterocycles. The highest BCUT2D eigenvalue weighted by Gasteiger charge is 2.34. The summed E-state index contributed by atoms with van der Waals surface area (Å²) in [7, 11) is 4.49. The van der Waals surface area contributed by atoms with Crippen molar-refractivity contribution in [1.82, 2.24) is 0 Å². The molecule has 0 bridgehead atoms. The second-order valence-electron chi connectivity index (χ2n) is 10.8. The highest BCUT2D eigenvalue weighted by Crippen LogP contribution is 2.36. The maximum Gasteiger partial charge on any atom is 0.196 e. The van der Waals surface area contributed by atoms with E-state index in [1.807, 2.05) is 24.3 Å². The highest BCUT2D eigenvalue weighted by atomic mass is 16.5. The standard InChI is InChI=1S/C28H36N4O4/c1-31(13-17-35-18-14-31)11-9-29-23-7-8-24(30-10-12-32(2)15-19-36-20-16-32)26-25(23)27(33)21-5-3-4-6-22(21)28(26)34/h3-8H,9-20H2,1-2H3/p+2. The van der Waals surface area contributed by atoms with E-state index in [0.717, 1.165) is 99.1 Å². The molecule has 2 aromatic rings. The first-order valence-corrected chi connectivity index (χ1v) is 13.0. The molecule has 2 N–H and O–H groups in total. The lowest BCUT2D eigenvalue weighted by atomic mass is 9.82. The van der Waals surface area contributed by atoms with Gasteiger partial charge in [-0.25, -0.2) is 0 Å². The van der Waals surface area contributed by atoms with Crippen molar-refractivity contribution in [3.05, 3.63) is 58.7 Å². The fraction of sp³-hybridized carbons (Fsp3) is 0.500. The molecule has 0 atom stereocenters. The van der Waals surface area contributed by atoms with Crippen LogP contribution in [0, 0.1) is 0 Å². The molecule has 8 nitrogen and oxygen atoms in total. The normalized spacial score (nSPS) is 20.4. The van der Waals surface area contributed by atoms with Gasteiger partial charge in [-0.2, -0.15) is 0 Å². The van der Waals surface area contributed by atoms with Gasteiger partial charge in [0.15, 0.2) is 11.6 Å². The van der Waals surface area contributed by atoms with Crippen LogP contribution in [-0.4, -0.2) is 113 Å². The van der Waals surface area contributed by atoms with Crippen LogP contribution < -0.4 is 10.6 Å². The van der Waals surface area contributed by atoms with Crippen LogP contribution in [0.2, 0.25) is 0 Å². The molecule has 0 amide bonds. The summed E-state index contributed by atoms with van der Waals surface area (Å²) < 4.78 is 12.9. The van der Waals surface area contributed by atoms with Crippen LogP contribution >= 0.6 is 0 Å². The number of likely N-dealkylation sites (N-methyl/N-ethyl adjacent to an activating group) is 2. The summed E-state index contributed by atoms with van der Waals surface area (Å²) >= 11 is 0. The minimum atomic E-state index is -0.0923. The van der Waals surface area contributed by atoms with E-state index in [2.05, 4.69) is 24.7 Å². The van der Waals surface area contributed by atoms with Gasteiger partial charge in [0.25, 0.3) is 0 Å². The van der Waals surface area contributed by atoms with Gasteiger partial charge in [0, 0.05) is 22.5 Å². The Balaban J connectivity index is 1.39. The van der Waals surface area contributed by atoms with Crippen LogP contribution in [0.4, 0.5) is 11.4 Å². The number of anilines is 2.